The largest absolute Gasteiger partial charge is 0.480 e. The molecular formula is C15H16N2O2. The van der Waals surface area contributed by atoms with Gasteiger partial charge in [-0.25, -0.2) is 5.01 Å². The number of hydrogen-bond donors (Lipinski definition) is 2. The van der Waals surface area contributed by atoms with Crippen molar-refractivity contribution in [2.45, 2.75) is 18.9 Å². The molecule has 0 bridgehead atoms. The van der Waals surface area contributed by atoms with Crippen LogP contribution in [0.3, 0.4) is 0 Å². The van der Waals surface area contributed by atoms with Crippen molar-refractivity contribution in [1.82, 2.24) is 5.01 Å². The number of hydrazine groups is 1. The SMILES string of the molecule is O=C(O)[C@@H]1CCCN1Nc1cccc2ccccc12. The van der Waals surface area contributed by atoms with Gasteiger partial charge in [-0.3, -0.25) is 4.79 Å². The van der Waals surface area contributed by atoms with Crippen LogP contribution in [0, 0.1) is 0 Å². The Labute approximate surface area is 111 Å². The lowest BCUT2D eigenvalue weighted by atomic mass is 10.1. The lowest BCUT2D eigenvalue weighted by Gasteiger charge is -2.24. The molecule has 1 atom stereocenters. The number of anilines is 1. The molecule has 1 aliphatic heterocycles. The molecule has 1 aliphatic rings. The average Bonchev–Trinajstić information content (AvgIpc) is 2.87. The van der Waals surface area contributed by atoms with E-state index in [9.17, 15) is 9.90 Å². The number of nitrogens with zero attached hydrogens (tertiary/aromatic N) is 1. The van der Waals surface area contributed by atoms with Crippen molar-refractivity contribution < 1.29 is 9.90 Å². The third-order valence-electron chi connectivity index (χ3n) is 3.59. The molecule has 1 saturated heterocycles. The van der Waals surface area contributed by atoms with Crippen LogP contribution >= 0.6 is 0 Å². The maximum atomic E-state index is 11.2. The van der Waals surface area contributed by atoms with Gasteiger partial charge in [0.2, 0.25) is 0 Å². The van der Waals surface area contributed by atoms with Crippen LogP contribution < -0.4 is 5.43 Å². The van der Waals surface area contributed by atoms with Gasteiger partial charge in [-0.1, -0.05) is 36.4 Å². The van der Waals surface area contributed by atoms with E-state index in [1.54, 1.807) is 0 Å². The van der Waals surface area contributed by atoms with E-state index in [1.165, 1.54) is 0 Å². The lowest BCUT2D eigenvalue weighted by molar-refractivity contribution is -0.141. The van der Waals surface area contributed by atoms with Crippen LogP contribution in [0.2, 0.25) is 0 Å². The van der Waals surface area contributed by atoms with Crippen molar-refractivity contribution in [3.63, 3.8) is 0 Å². The van der Waals surface area contributed by atoms with Crippen molar-refractivity contribution in [2.75, 3.05) is 12.0 Å². The predicted molar refractivity (Wildman–Crippen MR) is 74.9 cm³/mol. The van der Waals surface area contributed by atoms with Gasteiger partial charge >= 0.3 is 5.97 Å². The molecule has 0 aliphatic carbocycles. The highest BCUT2D eigenvalue weighted by molar-refractivity contribution is 5.93. The van der Waals surface area contributed by atoms with Crippen molar-refractivity contribution in [3.05, 3.63) is 42.5 Å². The van der Waals surface area contributed by atoms with E-state index in [-0.39, 0.29) is 0 Å². The first-order valence-electron chi connectivity index (χ1n) is 6.49. The van der Waals surface area contributed by atoms with Crippen molar-refractivity contribution in [1.29, 1.82) is 0 Å². The van der Waals surface area contributed by atoms with Gasteiger partial charge in [-0.15, -0.1) is 0 Å². The first-order chi connectivity index (χ1) is 9.25. The Hall–Kier alpha value is -2.07. The minimum atomic E-state index is -0.759. The van der Waals surface area contributed by atoms with E-state index in [1.807, 2.05) is 35.3 Å². The normalized spacial score (nSPS) is 19.7. The Balaban J connectivity index is 1.91. The van der Waals surface area contributed by atoms with Crippen molar-refractivity contribution in [3.8, 4) is 0 Å². The molecular weight excluding hydrogens is 240 g/mol. The van der Waals surface area contributed by atoms with Crippen LogP contribution in [-0.2, 0) is 4.79 Å². The fourth-order valence-corrected chi connectivity index (χ4v) is 2.63. The van der Waals surface area contributed by atoms with E-state index >= 15 is 0 Å². The molecule has 4 heteroatoms. The minimum absolute atomic E-state index is 0.432. The quantitative estimate of drug-likeness (QED) is 0.886. The molecule has 0 aromatic heterocycles. The van der Waals surface area contributed by atoms with Gasteiger partial charge in [-0.05, 0) is 24.3 Å². The maximum absolute atomic E-state index is 11.2. The summed E-state index contributed by atoms with van der Waals surface area (Å²) in [5, 5.41) is 13.3. The van der Waals surface area contributed by atoms with Crippen LogP contribution in [0.15, 0.2) is 42.5 Å². The van der Waals surface area contributed by atoms with E-state index in [2.05, 4.69) is 17.6 Å². The highest BCUT2D eigenvalue weighted by atomic mass is 16.4. The molecule has 2 aromatic carbocycles. The fraction of sp³-hybridized carbons (Fsp3) is 0.267. The second kappa shape index (κ2) is 4.90. The van der Waals surface area contributed by atoms with Gasteiger partial charge in [-0.2, -0.15) is 0 Å². The lowest BCUT2D eigenvalue weighted by Crippen LogP contribution is -2.39. The highest BCUT2D eigenvalue weighted by Gasteiger charge is 2.30. The first-order valence-corrected chi connectivity index (χ1v) is 6.49. The summed E-state index contributed by atoms with van der Waals surface area (Å²) in [5.74, 6) is -0.759. The fourth-order valence-electron chi connectivity index (χ4n) is 2.63. The molecule has 2 aromatic rings. The number of nitrogens with one attached hydrogen (secondary N) is 1. The molecule has 0 amide bonds. The Morgan fingerprint density at radius 2 is 2.00 bits per heavy atom. The molecule has 0 spiro atoms. The van der Waals surface area contributed by atoms with Gasteiger partial charge < -0.3 is 10.5 Å². The second-order valence-corrected chi connectivity index (χ2v) is 4.83. The molecule has 3 rings (SSSR count). The third-order valence-corrected chi connectivity index (χ3v) is 3.59. The zero-order chi connectivity index (χ0) is 13.2. The number of aliphatic carboxylic acids is 1. The maximum Gasteiger partial charge on any atom is 0.322 e. The van der Waals surface area contributed by atoms with Crippen LogP contribution in [0.1, 0.15) is 12.8 Å². The average molecular weight is 256 g/mol. The molecule has 0 radical (unpaired) electrons. The van der Waals surface area contributed by atoms with Crippen molar-refractivity contribution >= 4 is 22.4 Å². The molecule has 0 unspecified atom stereocenters. The Kier molecular flexibility index (Phi) is 3.09. The summed E-state index contributed by atoms with van der Waals surface area (Å²) in [7, 11) is 0. The second-order valence-electron chi connectivity index (χ2n) is 4.83. The van der Waals surface area contributed by atoms with Crippen LogP contribution in [0.5, 0.6) is 0 Å². The molecule has 1 fully saturated rings. The van der Waals surface area contributed by atoms with E-state index < -0.39 is 12.0 Å². The Bertz CT molecular complexity index is 607. The van der Waals surface area contributed by atoms with Gasteiger partial charge in [0, 0.05) is 11.9 Å². The molecule has 19 heavy (non-hydrogen) atoms. The molecule has 98 valence electrons. The number of carboxylic acid groups (broad SMARTS) is 1. The summed E-state index contributed by atoms with van der Waals surface area (Å²) in [6.45, 7) is 0.764. The van der Waals surface area contributed by atoms with E-state index in [0.29, 0.717) is 6.42 Å². The summed E-state index contributed by atoms with van der Waals surface area (Å²) in [4.78, 5) is 11.2. The standard InChI is InChI=1S/C15H16N2O2/c18-15(19)14-9-4-10-17(14)16-13-8-3-6-11-5-1-2-7-12(11)13/h1-3,5-8,14,16H,4,9-10H2,(H,18,19)/t14-/m0/s1. The molecule has 2 N–H and O–H groups in total. The summed E-state index contributed by atoms with van der Waals surface area (Å²) >= 11 is 0. The number of hydrogen-bond acceptors (Lipinski definition) is 3. The molecule has 1 heterocycles. The monoisotopic (exact) mass is 256 g/mol. The van der Waals surface area contributed by atoms with E-state index in [4.69, 9.17) is 0 Å². The first kappa shape index (κ1) is 12.0. The Morgan fingerprint density at radius 1 is 1.21 bits per heavy atom. The van der Waals surface area contributed by atoms with Gasteiger partial charge in [0.05, 0.1) is 5.69 Å². The van der Waals surface area contributed by atoms with Crippen LogP contribution in [0.4, 0.5) is 5.69 Å². The number of benzene rings is 2. The van der Waals surface area contributed by atoms with Crippen LogP contribution in [-0.4, -0.2) is 28.7 Å². The van der Waals surface area contributed by atoms with E-state index in [0.717, 1.165) is 29.4 Å². The topological polar surface area (TPSA) is 52.6 Å². The van der Waals surface area contributed by atoms with Gasteiger partial charge in [0.15, 0.2) is 0 Å². The molecule has 4 nitrogen and oxygen atoms in total. The molecule has 0 saturated carbocycles. The number of rotatable bonds is 3. The highest BCUT2D eigenvalue weighted by Crippen LogP contribution is 2.26. The third kappa shape index (κ3) is 2.27. The zero-order valence-corrected chi connectivity index (χ0v) is 10.5. The minimum Gasteiger partial charge on any atom is -0.480 e. The number of carbonyl (C=O) groups is 1. The predicted octanol–water partition coefficient (Wildman–Crippen LogP) is 2.72. The van der Waals surface area contributed by atoms with Crippen molar-refractivity contribution in [2.24, 2.45) is 0 Å². The Morgan fingerprint density at radius 3 is 2.84 bits per heavy atom. The summed E-state index contributed by atoms with van der Waals surface area (Å²) < 4.78 is 0. The van der Waals surface area contributed by atoms with Crippen LogP contribution in [0.25, 0.3) is 10.8 Å². The summed E-state index contributed by atoms with van der Waals surface area (Å²) in [6, 6.07) is 13.7. The van der Waals surface area contributed by atoms with Gasteiger partial charge in [0.25, 0.3) is 0 Å². The number of fused-ring (bicyclic) bond motifs is 1. The summed E-state index contributed by atoms with van der Waals surface area (Å²) in [6.07, 6.45) is 1.61. The number of carboxylic acids is 1. The summed E-state index contributed by atoms with van der Waals surface area (Å²) in [5.41, 5.74) is 4.23. The smallest absolute Gasteiger partial charge is 0.322 e. The zero-order valence-electron chi connectivity index (χ0n) is 10.5. The van der Waals surface area contributed by atoms with Gasteiger partial charge in [0.1, 0.15) is 6.04 Å².